The molecule has 0 fully saturated rings. The van der Waals surface area contributed by atoms with Crippen LogP contribution in [0.4, 0.5) is 5.69 Å². The molecule has 0 bridgehead atoms. The molecule has 1 aromatic carbocycles. The van der Waals surface area contributed by atoms with Crippen molar-refractivity contribution >= 4 is 11.7 Å². The molecule has 0 saturated heterocycles. The van der Waals surface area contributed by atoms with Gasteiger partial charge in [0.1, 0.15) is 5.75 Å². The molecule has 1 aromatic rings. The van der Waals surface area contributed by atoms with E-state index in [2.05, 4.69) is 0 Å². The van der Waals surface area contributed by atoms with Gasteiger partial charge in [-0.1, -0.05) is 6.92 Å². The quantitative estimate of drug-likeness (QED) is 0.598. The van der Waals surface area contributed by atoms with Gasteiger partial charge in [-0.05, 0) is 12.5 Å². The van der Waals surface area contributed by atoms with E-state index in [9.17, 15) is 20.0 Å². The number of phenolic OH excluding ortho intramolecular Hbond substituents is 1. The van der Waals surface area contributed by atoms with Crippen LogP contribution >= 0.6 is 0 Å². The summed E-state index contributed by atoms with van der Waals surface area (Å²) in [6.07, 6.45) is 0.0584. The lowest BCUT2D eigenvalue weighted by molar-refractivity contribution is -0.384. The Morgan fingerprint density at radius 2 is 2.19 bits per heavy atom. The number of hydrogen-bond acceptors (Lipinski definition) is 4. The van der Waals surface area contributed by atoms with E-state index in [0.717, 1.165) is 0 Å². The standard InChI is InChI=1S/C10H11NO5/c1-6(10(13)14)4-7-5-8(11(15)16)2-3-9(7)12/h2-3,5-6,12H,4H2,1H3,(H,13,14). The summed E-state index contributed by atoms with van der Waals surface area (Å²) in [5, 5.41) is 28.6. The van der Waals surface area contributed by atoms with E-state index in [-0.39, 0.29) is 23.4 Å². The molecule has 16 heavy (non-hydrogen) atoms. The van der Waals surface area contributed by atoms with E-state index >= 15 is 0 Å². The molecular weight excluding hydrogens is 214 g/mol. The van der Waals surface area contributed by atoms with Gasteiger partial charge in [0, 0.05) is 17.7 Å². The lowest BCUT2D eigenvalue weighted by Gasteiger charge is -2.07. The van der Waals surface area contributed by atoms with Crippen LogP contribution in [-0.2, 0) is 11.2 Å². The molecule has 0 aliphatic carbocycles. The third kappa shape index (κ3) is 2.69. The third-order valence-corrected chi connectivity index (χ3v) is 2.22. The summed E-state index contributed by atoms with van der Waals surface area (Å²) in [6, 6.07) is 3.56. The average Bonchev–Trinajstić information content (AvgIpc) is 2.20. The maximum atomic E-state index is 10.6. The maximum absolute atomic E-state index is 10.6. The van der Waals surface area contributed by atoms with E-state index in [0.29, 0.717) is 0 Å². The number of carboxylic acid groups (broad SMARTS) is 1. The van der Waals surface area contributed by atoms with Crippen LogP contribution < -0.4 is 0 Å². The zero-order valence-corrected chi connectivity index (χ0v) is 8.58. The molecule has 1 unspecified atom stereocenters. The Labute approximate surface area is 91.3 Å². The molecule has 0 radical (unpaired) electrons. The Hall–Kier alpha value is -2.11. The normalized spacial score (nSPS) is 12.1. The van der Waals surface area contributed by atoms with Gasteiger partial charge < -0.3 is 10.2 Å². The number of aromatic hydroxyl groups is 1. The Morgan fingerprint density at radius 3 is 2.69 bits per heavy atom. The van der Waals surface area contributed by atoms with Gasteiger partial charge in [0.05, 0.1) is 10.8 Å². The molecule has 0 heterocycles. The first-order valence-corrected chi connectivity index (χ1v) is 4.61. The SMILES string of the molecule is CC(Cc1cc([N+](=O)[O-])ccc1O)C(=O)O. The number of nitrogens with zero attached hydrogens (tertiary/aromatic N) is 1. The fourth-order valence-electron chi connectivity index (χ4n) is 1.27. The van der Waals surface area contributed by atoms with E-state index in [4.69, 9.17) is 5.11 Å². The zero-order valence-electron chi connectivity index (χ0n) is 8.58. The van der Waals surface area contributed by atoms with Crippen LogP contribution in [0.25, 0.3) is 0 Å². The highest BCUT2D eigenvalue weighted by molar-refractivity contribution is 5.70. The number of nitro groups is 1. The van der Waals surface area contributed by atoms with Crippen molar-refractivity contribution in [2.45, 2.75) is 13.3 Å². The van der Waals surface area contributed by atoms with Crippen molar-refractivity contribution in [3.8, 4) is 5.75 Å². The van der Waals surface area contributed by atoms with Crippen molar-refractivity contribution in [1.29, 1.82) is 0 Å². The van der Waals surface area contributed by atoms with E-state index in [1.165, 1.54) is 25.1 Å². The molecule has 1 rings (SSSR count). The second kappa shape index (κ2) is 4.61. The van der Waals surface area contributed by atoms with E-state index < -0.39 is 16.8 Å². The molecule has 86 valence electrons. The van der Waals surface area contributed by atoms with Gasteiger partial charge >= 0.3 is 5.97 Å². The van der Waals surface area contributed by atoms with Gasteiger partial charge in [-0.25, -0.2) is 0 Å². The van der Waals surface area contributed by atoms with Gasteiger partial charge in [0.2, 0.25) is 0 Å². The monoisotopic (exact) mass is 225 g/mol. The number of carboxylic acids is 1. The molecule has 2 N–H and O–H groups in total. The van der Waals surface area contributed by atoms with E-state index in [1.807, 2.05) is 0 Å². The minimum Gasteiger partial charge on any atom is -0.508 e. The zero-order chi connectivity index (χ0) is 12.3. The highest BCUT2D eigenvalue weighted by Gasteiger charge is 2.16. The molecule has 1 atom stereocenters. The molecule has 0 amide bonds. The summed E-state index contributed by atoms with van der Waals surface area (Å²) in [5.74, 6) is -1.84. The van der Waals surface area contributed by atoms with Crippen molar-refractivity contribution in [3.05, 3.63) is 33.9 Å². The number of nitro benzene ring substituents is 1. The number of aliphatic carboxylic acids is 1. The summed E-state index contributed by atoms with van der Waals surface area (Å²) < 4.78 is 0. The molecule has 6 heteroatoms. The number of non-ortho nitro benzene ring substituents is 1. The summed E-state index contributed by atoms with van der Waals surface area (Å²) in [6.45, 7) is 1.47. The van der Waals surface area contributed by atoms with Crippen molar-refractivity contribution in [1.82, 2.24) is 0 Å². The first kappa shape index (κ1) is 12.0. The van der Waals surface area contributed by atoms with Crippen molar-refractivity contribution in [3.63, 3.8) is 0 Å². The van der Waals surface area contributed by atoms with Gasteiger partial charge in [0.25, 0.3) is 5.69 Å². The number of hydrogen-bond donors (Lipinski definition) is 2. The number of carbonyl (C=O) groups is 1. The molecule has 0 aromatic heterocycles. The molecule has 0 aliphatic rings. The van der Waals surface area contributed by atoms with Crippen LogP contribution in [0.5, 0.6) is 5.75 Å². The Bertz CT molecular complexity index is 429. The second-order valence-corrected chi connectivity index (χ2v) is 3.51. The fraction of sp³-hybridized carbons (Fsp3) is 0.300. The first-order valence-electron chi connectivity index (χ1n) is 4.61. The third-order valence-electron chi connectivity index (χ3n) is 2.22. The Kier molecular flexibility index (Phi) is 3.44. The molecule has 0 spiro atoms. The minimum atomic E-state index is -1.01. The van der Waals surface area contributed by atoms with Crippen LogP contribution in [0, 0.1) is 16.0 Å². The highest BCUT2D eigenvalue weighted by atomic mass is 16.6. The summed E-state index contributed by atoms with van der Waals surface area (Å²) in [5.41, 5.74) is 0.106. The predicted molar refractivity (Wildman–Crippen MR) is 55.3 cm³/mol. The molecule has 6 nitrogen and oxygen atoms in total. The van der Waals surface area contributed by atoms with Crippen LogP contribution in [-0.4, -0.2) is 21.1 Å². The molecular formula is C10H11NO5. The Balaban J connectivity index is 2.98. The lowest BCUT2D eigenvalue weighted by Crippen LogP contribution is -2.12. The van der Waals surface area contributed by atoms with E-state index in [1.54, 1.807) is 0 Å². The van der Waals surface area contributed by atoms with Crippen molar-refractivity contribution < 1.29 is 19.9 Å². The summed E-state index contributed by atoms with van der Waals surface area (Å²) in [4.78, 5) is 20.5. The second-order valence-electron chi connectivity index (χ2n) is 3.51. The van der Waals surface area contributed by atoms with Crippen LogP contribution in [0.2, 0.25) is 0 Å². The fourth-order valence-corrected chi connectivity index (χ4v) is 1.27. The van der Waals surface area contributed by atoms with Gasteiger partial charge in [-0.2, -0.15) is 0 Å². The van der Waals surface area contributed by atoms with Crippen molar-refractivity contribution in [2.75, 3.05) is 0 Å². The maximum Gasteiger partial charge on any atom is 0.306 e. The average molecular weight is 225 g/mol. The number of rotatable bonds is 4. The van der Waals surface area contributed by atoms with Crippen LogP contribution in [0.15, 0.2) is 18.2 Å². The van der Waals surface area contributed by atoms with Crippen molar-refractivity contribution in [2.24, 2.45) is 5.92 Å². The van der Waals surface area contributed by atoms with Gasteiger partial charge in [-0.3, -0.25) is 14.9 Å². The Morgan fingerprint density at radius 1 is 1.56 bits per heavy atom. The smallest absolute Gasteiger partial charge is 0.306 e. The van der Waals surface area contributed by atoms with Crippen LogP contribution in [0.3, 0.4) is 0 Å². The number of benzene rings is 1. The topological polar surface area (TPSA) is 101 Å². The summed E-state index contributed by atoms with van der Waals surface area (Å²) >= 11 is 0. The lowest BCUT2D eigenvalue weighted by atomic mass is 10.00. The summed E-state index contributed by atoms with van der Waals surface area (Å²) in [7, 11) is 0. The molecule has 0 saturated carbocycles. The van der Waals surface area contributed by atoms with Gasteiger partial charge in [0.15, 0.2) is 0 Å². The first-order chi connectivity index (χ1) is 7.41. The largest absolute Gasteiger partial charge is 0.508 e. The molecule has 0 aliphatic heterocycles. The highest BCUT2D eigenvalue weighted by Crippen LogP contribution is 2.25. The van der Waals surface area contributed by atoms with Crippen LogP contribution in [0.1, 0.15) is 12.5 Å². The van der Waals surface area contributed by atoms with Gasteiger partial charge in [-0.15, -0.1) is 0 Å². The number of phenols is 1. The minimum absolute atomic E-state index is 0.0584. The predicted octanol–water partition coefficient (Wildman–Crippen LogP) is 1.56.